The lowest BCUT2D eigenvalue weighted by molar-refractivity contribution is 0.0912. The van der Waals surface area contributed by atoms with E-state index in [1.54, 1.807) is 45.0 Å². The van der Waals surface area contributed by atoms with Crippen LogP contribution in [-0.4, -0.2) is 34.6 Å². The molecule has 0 radical (unpaired) electrons. The predicted molar refractivity (Wildman–Crippen MR) is 94.9 cm³/mol. The minimum absolute atomic E-state index is 0.140. The van der Waals surface area contributed by atoms with E-state index in [2.05, 4.69) is 10.6 Å². The normalized spacial score (nSPS) is 11.6. The van der Waals surface area contributed by atoms with Gasteiger partial charge in [-0.25, -0.2) is 0 Å². The molecule has 2 aromatic rings. The third-order valence-corrected chi connectivity index (χ3v) is 3.86. The summed E-state index contributed by atoms with van der Waals surface area (Å²) in [5, 5.41) is 24.5. The van der Waals surface area contributed by atoms with Crippen LogP contribution in [0.5, 0.6) is 11.5 Å². The second-order valence-corrected chi connectivity index (χ2v) is 6.09. The van der Waals surface area contributed by atoms with Gasteiger partial charge in [0.1, 0.15) is 11.5 Å². The number of phenols is 2. The lowest BCUT2D eigenvalue weighted by Gasteiger charge is -2.15. The summed E-state index contributed by atoms with van der Waals surface area (Å²) in [6, 6.07) is 8.97. The van der Waals surface area contributed by atoms with Crippen LogP contribution in [0.3, 0.4) is 0 Å². The monoisotopic (exact) mass is 342 g/mol. The highest BCUT2D eigenvalue weighted by Crippen LogP contribution is 2.17. The SMILES string of the molecule is Cc1cc(C(=O)NC[C@H](C)NC(=O)c2ccc(O)c(C)c2)ccc1O. The summed E-state index contributed by atoms with van der Waals surface area (Å²) in [6.07, 6.45) is 0. The van der Waals surface area contributed by atoms with Crippen LogP contribution in [0.2, 0.25) is 0 Å². The Labute approximate surface area is 146 Å². The maximum absolute atomic E-state index is 12.2. The fourth-order valence-corrected chi connectivity index (χ4v) is 2.30. The van der Waals surface area contributed by atoms with E-state index in [1.807, 2.05) is 0 Å². The van der Waals surface area contributed by atoms with Crippen molar-refractivity contribution in [2.24, 2.45) is 0 Å². The fourth-order valence-electron chi connectivity index (χ4n) is 2.30. The van der Waals surface area contributed by atoms with Crippen molar-refractivity contribution in [3.8, 4) is 11.5 Å². The highest BCUT2D eigenvalue weighted by molar-refractivity contribution is 5.95. The van der Waals surface area contributed by atoms with Crippen LogP contribution >= 0.6 is 0 Å². The van der Waals surface area contributed by atoms with E-state index in [0.29, 0.717) is 22.3 Å². The third kappa shape index (κ3) is 4.73. The van der Waals surface area contributed by atoms with E-state index in [9.17, 15) is 19.8 Å². The van der Waals surface area contributed by atoms with Crippen LogP contribution in [0.1, 0.15) is 38.8 Å². The number of amides is 2. The standard InChI is InChI=1S/C19H22N2O4/c1-11-8-14(4-6-16(11)22)18(24)20-10-13(3)21-19(25)15-5-7-17(23)12(2)9-15/h4-9,13,22-23H,10H2,1-3H3,(H,20,24)(H,21,25)/t13-/m0/s1. The van der Waals surface area contributed by atoms with Crippen LogP contribution in [0, 0.1) is 13.8 Å². The average Bonchev–Trinajstić information content (AvgIpc) is 2.57. The Bertz CT molecular complexity index is 802. The zero-order valence-electron chi connectivity index (χ0n) is 14.5. The molecule has 6 nitrogen and oxygen atoms in total. The van der Waals surface area contributed by atoms with Gasteiger partial charge in [-0.1, -0.05) is 0 Å². The number of phenolic OH excluding ortho intramolecular Hbond substituents is 2. The minimum atomic E-state index is -0.274. The number of carbonyl (C=O) groups is 2. The number of aryl methyl sites for hydroxylation is 2. The molecule has 4 N–H and O–H groups in total. The smallest absolute Gasteiger partial charge is 0.251 e. The van der Waals surface area contributed by atoms with Crippen LogP contribution < -0.4 is 10.6 Å². The first-order valence-electron chi connectivity index (χ1n) is 7.96. The molecule has 2 aromatic carbocycles. The van der Waals surface area contributed by atoms with Crippen LogP contribution in [0.15, 0.2) is 36.4 Å². The minimum Gasteiger partial charge on any atom is -0.508 e. The van der Waals surface area contributed by atoms with Crippen LogP contribution in [-0.2, 0) is 0 Å². The largest absolute Gasteiger partial charge is 0.508 e. The molecule has 0 spiro atoms. The summed E-state index contributed by atoms with van der Waals surface area (Å²) in [4.78, 5) is 24.3. The summed E-state index contributed by atoms with van der Waals surface area (Å²) >= 11 is 0. The molecule has 2 rings (SSSR count). The van der Waals surface area contributed by atoms with Crippen molar-refractivity contribution in [1.29, 1.82) is 0 Å². The molecule has 0 bridgehead atoms. The zero-order chi connectivity index (χ0) is 18.6. The molecule has 0 heterocycles. The zero-order valence-corrected chi connectivity index (χ0v) is 14.5. The van der Waals surface area contributed by atoms with Crippen molar-refractivity contribution in [1.82, 2.24) is 10.6 Å². The first-order valence-corrected chi connectivity index (χ1v) is 7.96. The van der Waals surface area contributed by atoms with Crippen molar-refractivity contribution >= 4 is 11.8 Å². The first-order chi connectivity index (χ1) is 11.8. The number of carbonyl (C=O) groups excluding carboxylic acids is 2. The Morgan fingerprint density at radius 3 is 1.88 bits per heavy atom. The molecule has 0 aliphatic heterocycles. The van der Waals surface area contributed by atoms with Gasteiger partial charge in [0, 0.05) is 23.7 Å². The molecule has 1 atom stereocenters. The molecule has 6 heteroatoms. The van der Waals surface area contributed by atoms with E-state index < -0.39 is 0 Å². The summed E-state index contributed by atoms with van der Waals surface area (Å²) in [5.74, 6) is -0.266. The predicted octanol–water partition coefficient (Wildman–Crippen LogP) is 2.26. The van der Waals surface area contributed by atoms with E-state index in [-0.39, 0.29) is 35.9 Å². The van der Waals surface area contributed by atoms with Gasteiger partial charge in [0.25, 0.3) is 11.8 Å². The van der Waals surface area contributed by atoms with Crippen LogP contribution in [0.25, 0.3) is 0 Å². The molecule has 132 valence electrons. The van der Waals surface area contributed by atoms with Gasteiger partial charge in [-0.15, -0.1) is 0 Å². The summed E-state index contributed by atoms with van der Waals surface area (Å²) < 4.78 is 0. The Morgan fingerprint density at radius 1 is 0.920 bits per heavy atom. The molecule has 0 saturated carbocycles. The van der Waals surface area contributed by atoms with Crippen molar-refractivity contribution in [3.63, 3.8) is 0 Å². The van der Waals surface area contributed by atoms with Crippen LogP contribution in [0.4, 0.5) is 0 Å². The quantitative estimate of drug-likeness (QED) is 0.670. The summed E-state index contributed by atoms with van der Waals surface area (Å²) in [6.45, 7) is 5.49. The molecule has 25 heavy (non-hydrogen) atoms. The Morgan fingerprint density at radius 2 is 1.40 bits per heavy atom. The number of hydrogen-bond acceptors (Lipinski definition) is 4. The summed E-state index contributed by atoms with van der Waals surface area (Å²) in [7, 11) is 0. The van der Waals surface area contributed by atoms with Crippen molar-refractivity contribution in [3.05, 3.63) is 58.7 Å². The van der Waals surface area contributed by atoms with Gasteiger partial charge in [-0.05, 0) is 68.3 Å². The van der Waals surface area contributed by atoms with E-state index in [4.69, 9.17) is 0 Å². The van der Waals surface area contributed by atoms with Gasteiger partial charge >= 0.3 is 0 Å². The van der Waals surface area contributed by atoms with E-state index in [1.165, 1.54) is 12.1 Å². The molecule has 2 amide bonds. The second-order valence-electron chi connectivity index (χ2n) is 6.09. The highest BCUT2D eigenvalue weighted by Gasteiger charge is 2.13. The number of nitrogens with one attached hydrogen (secondary N) is 2. The molecule has 0 fully saturated rings. The number of hydrogen-bond donors (Lipinski definition) is 4. The number of aromatic hydroxyl groups is 2. The van der Waals surface area contributed by atoms with Gasteiger partial charge in [-0.3, -0.25) is 9.59 Å². The van der Waals surface area contributed by atoms with Crippen molar-refractivity contribution < 1.29 is 19.8 Å². The molecule has 0 aliphatic carbocycles. The second kappa shape index (κ2) is 7.70. The maximum atomic E-state index is 12.2. The average molecular weight is 342 g/mol. The van der Waals surface area contributed by atoms with Gasteiger partial charge in [0.05, 0.1) is 0 Å². The highest BCUT2D eigenvalue weighted by atomic mass is 16.3. The fraction of sp³-hybridized carbons (Fsp3) is 0.263. The lowest BCUT2D eigenvalue weighted by Crippen LogP contribution is -2.41. The van der Waals surface area contributed by atoms with Gasteiger partial charge in [0.15, 0.2) is 0 Å². The lowest BCUT2D eigenvalue weighted by atomic mass is 10.1. The van der Waals surface area contributed by atoms with Gasteiger partial charge < -0.3 is 20.8 Å². The number of rotatable bonds is 5. The molecule has 0 aliphatic rings. The first kappa shape index (κ1) is 18.3. The van der Waals surface area contributed by atoms with Gasteiger partial charge in [-0.2, -0.15) is 0 Å². The van der Waals surface area contributed by atoms with E-state index in [0.717, 1.165) is 0 Å². The Hall–Kier alpha value is -3.02. The molecular formula is C19H22N2O4. The molecule has 0 aromatic heterocycles. The topological polar surface area (TPSA) is 98.7 Å². The van der Waals surface area contributed by atoms with E-state index >= 15 is 0 Å². The van der Waals surface area contributed by atoms with Crippen molar-refractivity contribution in [2.75, 3.05) is 6.54 Å². The summed E-state index contributed by atoms with van der Waals surface area (Å²) in [5.41, 5.74) is 2.14. The third-order valence-electron chi connectivity index (χ3n) is 3.86. The van der Waals surface area contributed by atoms with Gasteiger partial charge in [0.2, 0.25) is 0 Å². The Kier molecular flexibility index (Phi) is 5.64. The number of benzene rings is 2. The van der Waals surface area contributed by atoms with Crippen molar-refractivity contribution in [2.45, 2.75) is 26.8 Å². The molecule has 0 saturated heterocycles. The molecule has 0 unspecified atom stereocenters. The Balaban J connectivity index is 1.90. The molecular weight excluding hydrogens is 320 g/mol. The maximum Gasteiger partial charge on any atom is 0.251 e.